The van der Waals surface area contributed by atoms with Crippen molar-refractivity contribution in [3.05, 3.63) is 35.6 Å². The number of amides is 1. The summed E-state index contributed by atoms with van der Waals surface area (Å²) in [6.07, 6.45) is 3.65. The summed E-state index contributed by atoms with van der Waals surface area (Å²) in [4.78, 5) is 26.2. The van der Waals surface area contributed by atoms with Gasteiger partial charge in [0.15, 0.2) is 0 Å². The Labute approximate surface area is 153 Å². The normalized spacial score (nSPS) is 22.8. The number of likely N-dealkylation sites (tertiary alicyclic amines) is 1. The minimum atomic E-state index is -0.797. The summed E-state index contributed by atoms with van der Waals surface area (Å²) in [5, 5.41) is 8.91. The molecule has 1 N–H and O–H groups in total. The number of hydrogen-bond donors (Lipinski definition) is 1. The van der Waals surface area contributed by atoms with Gasteiger partial charge in [-0.15, -0.1) is 0 Å². The Morgan fingerprint density at radius 1 is 1.31 bits per heavy atom. The molecule has 0 bridgehead atoms. The van der Waals surface area contributed by atoms with Gasteiger partial charge in [-0.1, -0.05) is 12.1 Å². The molecule has 0 spiro atoms. The van der Waals surface area contributed by atoms with Gasteiger partial charge in [-0.05, 0) is 55.7 Å². The van der Waals surface area contributed by atoms with Crippen molar-refractivity contribution in [2.45, 2.75) is 43.9 Å². The maximum atomic E-state index is 13.8. The minimum absolute atomic E-state index is 0.0337. The lowest BCUT2D eigenvalue weighted by molar-refractivity contribution is -0.143. The second kappa shape index (κ2) is 8.16. The average Bonchev–Trinajstić information content (AvgIpc) is 2.66. The number of rotatable bonds is 5. The van der Waals surface area contributed by atoms with E-state index >= 15 is 0 Å². The first-order chi connectivity index (χ1) is 12.5. The van der Waals surface area contributed by atoms with Crippen molar-refractivity contribution in [3.8, 4) is 0 Å². The van der Waals surface area contributed by atoms with Crippen molar-refractivity contribution >= 4 is 11.9 Å². The van der Waals surface area contributed by atoms with Crippen molar-refractivity contribution in [3.63, 3.8) is 0 Å². The first kappa shape index (κ1) is 18.8. The zero-order chi connectivity index (χ0) is 18.6. The number of nitrogens with zero attached hydrogens (tertiary/aromatic N) is 1. The van der Waals surface area contributed by atoms with Crippen molar-refractivity contribution in [2.24, 2.45) is 5.92 Å². The van der Waals surface area contributed by atoms with E-state index in [9.17, 15) is 14.0 Å². The number of hydrogen-bond acceptors (Lipinski definition) is 3. The van der Waals surface area contributed by atoms with Crippen LogP contribution in [0.4, 0.5) is 4.39 Å². The van der Waals surface area contributed by atoms with Crippen LogP contribution in [0.3, 0.4) is 0 Å². The summed E-state index contributed by atoms with van der Waals surface area (Å²) >= 11 is 0. The molecule has 1 aromatic rings. The van der Waals surface area contributed by atoms with Gasteiger partial charge in [0, 0.05) is 32.7 Å². The molecule has 1 amide bonds. The molecule has 2 aliphatic heterocycles. The third-order valence-electron chi connectivity index (χ3n) is 5.71. The maximum absolute atomic E-state index is 13.8. The Hall–Kier alpha value is -1.95. The lowest BCUT2D eigenvalue weighted by Crippen LogP contribution is -2.52. The van der Waals surface area contributed by atoms with E-state index in [2.05, 4.69) is 0 Å². The third-order valence-corrected chi connectivity index (χ3v) is 5.71. The van der Waals surface area contributed by atoms with Gasteiger partial charge >= 0.3 is 5.97 Å². The molecule has 0 saturated carbocycles. The van der Waals surface area contributed by atoms with Crippen molar-refractivity contribution in [1.82, 2.24) is 4.90 Å². The smallest absolute Gasteiger partial charge is 0.303 e. The molecule has 3 rings (SSSR count). The van der Waals surface area contributed by atoms with Crippen LogP contribution in [0.2, 0.25) is 0 Å². The highest BCUT2D eigenvalue weighted by Crippen LogP contribution is 2.38. The molecule has 142 valence electrons. The Bertz CT molecular complexity index is 657. The third kappa shape index (κ3) is 4.06. The Morgan fingerprint density at radius 2 is 2.08 bits per heavy atom. The van der Waals surface area contributed by atoms with Gasteiger partial charge < -0.3 is 14.7 Å². The summed E-state index contributed by atoms with van der Waals surface area (Å²) in [5.74, 6) is -0.882. The summed E-state index contributed by atoms with van der Waals surface area (Å²) in [6, 6.07) is 6.35. The van der Waals surface area contributed by atoms with Crippen LogP contribution >= 0.6 is 0 Å². The Balaban J connectivity index is 1.80. The molecule has 1 aromatic carbocycles. The summed E-state index contributed by atoms with van der Waals surface area (Å²) in [5.41, 5.74) is -0.0202. The van der Waals surface area contributed by atoms with E-state index in [0.29, 0.717) is 45.6 Å². The number of carboxylic acid groups (broad SMARTS) is 1. The molecular weight excluding hydrogens is 337 g/mol. The quantitative estimate of drug-likeness (QED) is 0.873. The summed E-state index contributed by atoms with van der Waals surface area (Å²) < 4.78 is 19.3. The van der Waals surface area contributed by atoms with E-state index in [1.807, 2.05) is 11.0 Å². The first-order valence-corrected chi connectivity index (χ1v) is 9.36. The number of carbonyl (C=O) groups excluding carboxylic acids is 1. The lowest BCUT2D eigenvalue weighted by atomic mass is 9.72. The summed E-state index contributed by atoms with van der Waals surface area (Å²) in [6.45, 7) is 2.24. The number of benzene rings is 1. The van der Waals surface area contributed by atoms with Gasteiger partial charge in [-0.25, -0.2) is 4.39 Å². The standard InChI is InChI=1S/C20H26FNO4/c21-17-5-1-4-16(13-17)20(8-11-26-12-9-20)19(25)22-10-2-3-15(14-22)6-7-18(23)24/h1,4-5,13,15H,2-3,6-12,14H2,(H,23,24). The molecule has 2 fully saturated rings. The van der Waals surface area contributed by atoms with Crippen LogP contribution in [0.15, 0.2) is 24.3 Å². The number of halogens is 1. The van der Waals surface area contributed by atoms with Crippen LogP contribution in [0, 0.1) is 11.7 Å². The van der Waals surface area contributed by atoms with E-state index in [4.69, 9.17) is 9.84 Å². The fourth-order valence-electron chi connectivity index (χ4n) is 4.25. The zero-order valence-electron chi connectivity index (χ0n) is 15.0. The number of piperidine rings is 1. The van der Waals surface area contributed by atoms with E-state index in [-0.39, 0.29) is 24.1 Å². The molecule has 5 nitrogen and oxygen atoms in total. The van der Waals surface area contributed by atoms with Crippen LogP contribution < -0.4 is 0 Å². The Morgan fingerprint density at radius 3 is 2.77 bits per heavy atom. The minimum Gasteiger partial charge on any atom is -0.481 e. The van der Waals surface area contributed by atoms with Crippen LogP contribution in [-0.2, 0) is 19.7 Å². The average molecular weight is 363 g/mol. The molecule has 1 atom stereocenters. The molecule has 0 aromatic heterocycles. The van der Waals surface area contributed by atoms with Crippen LogP contribution in [0.1, 0.15) is 44.1 Å². The van der Waals surface area contributed by atoms with E-state index < -0.39 is 11.4 Å². The highest BCUT2D eigenvalue weighted by atomic mass is 19.1. The molecule has 0 aliphatic carbocycles. The van der Waals surface area contributed by atoms with E-state index in [1.165, 1.54) is 12.1 Å². The monoisotopic (exact) mass is 363 g/mol. The zero-order valence-corrected chi connectivity index (χ0v) is 15.0. The number of ether oxygens (including phenoxy) is 1. The molecular formula is C20H26FNO4. The van der Waals surface area contributed by atoms with Gasteiger partial charge in [-0.2, -0.15) is 0 Å². The second-order valence-electron chi connectivity index (χ2n) is 7.40. The molecule has 2 heterocycles. The fourth-order valence-corrected chi connectivity index (χ4v) is 4.25. The van der Waals surface area contributed by atoms with Crippen LogP contribution in [-0.4, -0.2) is 48.2 Å². The van der Waals surface area contributed by atoms with Gasteiger partial charge in [0.1, 0.15) is 5.82 Å². The number of aliphatic carboxylic acids is 1. The topological polar surface area (TPSA) is 66.8 Å². The maximum Gasteiger partial charge on any atom is 0.303 e. The SMILES string of the molecule is O=C(O)CCC1CCCN(C(=O)C2(c3cccc(F)c3)CCOCC2)C1. The number of carbonyl (C=O) groups is 2. The van der Waals surface area contributed by atoms with Gasteiger partial charge in [0.05, 0.1) is 5.41 Å². The van der Waals surface area contributed by atoms with Crippen molar-refractivity contribution in [2.75, 3.05) is 26.3 Å². The Kier molecular flexibility index (Phi) is 5.91. The second-order valence-corrected chi connectivity index (χ2v) is 7.40. The predicted molar refractivity (Wildman–Crippen MR) is 94.3 cm³/mol. The molecule has 2 saturated heterocycles. The first-order valence-electron chi connectivity index (χ1n) is 9.36. The fraction of sp³-hybridized carbons (Fsp3) is 0.600. The highest BCUT2D eigenvalue weighted by molar-refractivity contribution is 5.88. The largest absolute Gasteiger partial charge is 0.481 e. The van der Waals surface area contributed by atoms with Crippen LogP contribution in [0.25, 0.3) is 0 Å². The molecule has 26 heavy (non-hydrogen) atoms. The molecule has 2 aliphatic rings. The van der Waals surface area contributed by atoms with Gasteiger partial charge in [0.25, 0.3) is 0 Å². The molecule has 0 radical (unpaired) electrons. The van der Waals surface area contributed by atoms with Crippen LogP contribution in [0.5, 0.6) is 0 Å². The van der Waals surface area contributed by atoms with Gasteiger partial charge in [0.2, 0.25) is 5.91 Å². The highest BCUT2D eigenvalue weighted by Gasteiger charge is 2.45. The predicted octanol–water partition coefficient (Wildman–Crippen LogP) is 2.98. The molecule has 6 heteroatoms. The van der Waals surface area contributed by atoms with Crippen molar-refractivity contribution < 1.29 is 23.8 Å². The van der Waals surface area contributed by atoms with Crippen molar-refractivity contribution in [1.29, 1.82) is 0 Å². The summed E-state index contributed by atoms with van der Waals surface area (Å²) in [7, 11) is 0. The molecule has 1 unspecified atom stereocenters. The van der Waals surface area contributed by atoms with E-state index in [1.54, 1.807) is 6.07 Å². The van der Waals surface area contributed by atoms with E-state index in [0.717, 1.165) is 18.4 Å². The number of carboxylic acids is 1. The van der Waals surface area contributed by atoms with Gasteiger partial charge in [-0.3, -0.25) is 9.59 Å². The lowest BCUT2D eigenvalue weighted by Gasteiger charge is -2.42.